The van der Waals surface area contributed by atoms with Crippen LogP contribution < -0.4 is 15.5 Å². The van der Waals surface area contributed by atoms with Crippen molar-refractivity contribution >= 4 is 29.1 Å². The Bertz CT molecular complexity index is 722. The van der Waals surface area contributed by atoms with Crippen LogP contribution in [0, 0.1) is 0 Å². The number of nitrogens with zero attached hydrogens (tertiary/aromatic N) is 1. The van der Waals surface area contributed by atoms with Crippen LogP contribution >= 0.6 is 0 Å². The van der Waals surface area contributed by atoms with Crippen molar-refractivity contribution in [2.75, 3.05) is 16.8 Å². The second kappa shape index (κ2) is 5.92. The summed E-state index contributed by atoms with van der Waals surface area (Å²) in [6.07, 6.45) is 6.11. The average molecular weight is 327 g/mol. The van der Waals surface area contributed by atoms with Gasteiger partial charge in [-0.05, 0) is 48.9 Å². The molecule has 2 N–H and O–H groups in total. The molecular formula is C18H21N3O3. The van der Waals surface area contributed by atoms with Crippen molar-refractivity contribution in [1.82, 2.24) is 5.32 Å². The van der Waals surface area contributed by atoms with Crippen LogP contribution in [0.25, 0.3) is 0 Å². The monoisotopic (exact) mass is 327 g/mol. The van der Waals surface area contributed by atoms with Crippen LogP contribution in [0.1, 0.15) is 43.2 Å². The number of hydrogen-bond donors (Lipinski definition) is 2. The molecule has 1 aliphatic carbocycles. The summed E-state index contributed by atoms with van der Waals surface area (Å²) in [5.41, 5.74) is 3.81. The fourth-order valence-corrected chi connectivity index (χ4v) is 4.04. The highest BCUT2D eigenvalue weighted by atomic mass is 16.2. The van der Waals surface area contributed by atoms with Crippen molar-refractivity contribution in [3.05, 3.63) is 23.3 Å². The van der Waals surface area contributed by atoms with Gasteiger partial charge in [0.1, 0.15) is 0 Å². The van der Waals surface area contributed by atoms with Crippen molar-refractivity contribution in [3.8, 4) is 0 Å². The Hall–Kier alpha value is -2.37. The first-order valence-corrected chi connectivity index (χ1v) is 8.70. The van der Waals surface area contributed by atoms with Crippen molar-refractivity contribution < 1.29 is 14.4 Å². The zero-order valence-corrected chi connectivity index (χ0v) is 13.6. The smallest absolute Gasteiger partial charge is 0.313 e. The van der Waals surface area contributed by atoms with Gasteiger partial charge in [-0.1, -0.05) is 12.8 Å². The van der Waals surface area contributed by atoms with Gasteiger partial charge < -0.3 is 15.5 Å². The molecule has 0 unspecified atom stereocenters. The molecule has 2 aliphatic heterocycles. The predicted octanol–water partition coefficient (Wildman–Crippen LogP) is 1.52. The van der Waals surface area contributed by atoms with Gasteiger partial charge in [0.05, 0.1) is 5.69 Å². The number of nitrogens with one attached hydrogen (secondary N) is 2. The number of aryl methyl sites for hydroxylation is 1. The lowest BCUT2D eigenvalue weighted by Crippen LogP contribution is -2.40. The first-order chi connectivity index (χ1) is 11.6. The van der Waals surface area contributed by atoms with Gasteiger partial charge in [0.25, 0.3) is 0 Å². The Labute approximate surface area is 140 Å². The molecule has 126 valence electrons. The van der Waals surface area contributed by atoms with Gasteiger partial charge in [0, 0.05) is 24.7 Å². The lowest BCUT2D eigenvalue weighted by atomic mass is 9.98. The maximum Gasteiger partial charge on any atom is 0.313 e. The Morgan fingerprint density at radius 3 is 2.46 bits per heavy atom. The van der Waals surface area contributed by atoms with E-state index in [1.165, 1.54) is 0 Å². The first kappa shape index (κ1) is 15.2. The summed E-state index contributed by atoms with van der Waals surface area (Å²) in [6, 6.07) is 3.91. The standard InChI is InChI=1S/C18H21N3O3/c22-15-6-5-11-9-14(10-12-7-8-21(15)16(11)12)20-18(24)17(23)19-13-3-1-2-4-13/h9-10,13H,1-8H2,(H,19,23)(H,20,24). The lowest BCUT2D eigenvalue weighted by Gasteiger charge is -2.25. The van der Waals surface area contributed by atoms with E-state index in [0.717, 1.165) is 48.9 Å². The van der Waals surface area contributed by atoms with Crippen molar-refractivity contribution in [2.45, 2.75) is 51.0 Å². The number of rotatable bonds is 2. The van der Waals surface area contributed by atoms with Gasteiger partial charge in [-0.15, -0.1) is 0 Å². The fraction of sp³-hybridized carbons (Fsp3) is 0.500. The Balaban J connectivity index is 1.48. The van der Waals surface area contributed by atoms with Crippen molar-refractivity contribution in [2.24, 2.45) is 0 Å². The highest BCUT2D eigenvalue weighted by Crippen LogP contribution is 2.38. The van der Waals surface area contributed by atoms with Crippen molar-refractivity contribution in [3.63, 3.8) is 0 Å². The number of carbonyl (C=O) groups is 3. The fourth-order valence-electron chi connectivity index (χ4n) is 4.04. The SMILES string of the molecule is O=C(Nc1cc2c3c(c1)CCN3C(=O)CC2)C(=O)NC1CCCC1. The van der Waals surface area contributed by atoms with E-state index in [0.29, 0.717) is 25.1 Å². The Morgan fingerprint density at radius 1 is 1.00 bits per heavy atom. The van der Waals surface area contributed by atoms with Crippen LogP contribution in [0.4, 0.5) is 11.4 Å². The minimum absolute atomic E-state index is 0.129. The molecule has 1 saturated carbocycles. The van der Waals surface area contributed by atoms with Crippen molar-refractivity contribution in [1.29, 1.82) is 0 Å². The maximum atomic E-state index is 12.1. The van der Waals surface area contributed by atoms with Gasteiger partial charge in [-0.25, -0.2) is 0 Å². The summed E-state index contributed by atoms with van der Waals surface area (Å²) in [4.78, 5) is 37.9. The lowest BCUT2D eigenvalue weighted by molar-refractivity contribution is -0.136. The zero-order valence-electron chi connectivity index (χ0n) is 13.6. The number of carbonyl (C=O) groups excluding carboxylic acids is 3. The molecule has 1 fully saturated rings. The van der Waals surface area contributed by atoms with E-state index >= 15 is 0 Å². The highest BCUT2D eigenvalue weighted by Gasteiger charge is 2.31. The maximum absolute atomic E-state index is 12.1. The van der Waals surface area contributed by atoms with Gasteiger partial charge >= 0.3 is 11.8 Å². The third kappa shape index (κ3) is 2.66. The van der Waals surface area contributed by atoms with Gasteiger partial charge in [0.15, 0.2) is 0 Å². The molecule has 24 heavy (non-hydrogen) atoms. The molecule has 0 saturated heterocycles. The molecule has 3 amide bonds. The molecule has 1 aromatic rings. The van der Waals surface area contributed by atoms with Gasteiger partial charge in [-0.2, -0.15) is 0 Å². The van der Waals surface area contributed by atoms with E-state index in [-0.39, 0.29) is 11.9 Å². The van der Waals surface area contributed by atoms with E-state index in [1.807, 2.05) is 17.0 Å². The Morgan fingerprint density at radius 2 is 1.71 bits per heavy atom. The van der Waals surface area contributed by atoms with E-state index < -0.39 is 11.8 Å². The molecule has 6 heteroatoms. The molecule has 0 aromatic heterocycles. The molecule has 0 spiro atoms. The van der Waals surface area contributed by atoms with Crippen LogP contribution in [0.5, 0.6) is 0 Å². The van der Waals surface area contributed by atoms with Gasteiger partial charge in [0.2, 0.25) is 5.91 Å². The minimum atomic E-state index is -0.615. The second-order valence-corrected chi connectivity index (χ2v) is 6.85. The molecular weight excluding hydrogens is 306 g/mol. The van der Waals surface area contributed by atoms with Crippen LogP contribution in [0.15, 0.2) is 12.1 Å². The van der Waals surface area contributed by atoms with Crippen LogP contribution in [0.2, 0.25) is 0 Å². The average Bonchev–Trinajstić information content (AvgIpc) is 3.21. The zero-order chi connectivity index (χ0) is 16.7. The molecule has 4 rings (SSSR count). The summed E-state index contributed by atoms with van der Waals surface area (Å²) in [5.74, 6) is -1.00. The molecule has 0 atom stereocenters. The number of hydrogen-bond acceptors (Lipinski definition) is 3. The third-order valence-electron chi connectivity index (χ3n) is 5.21. The number of anilines is 2. The normalized spacial score (nSPS) is 19.3. The topological polar surface area (TPSA) is 78.5 Å². The summed E-state index contributed by atoms with van der Waals surface area (Å²) in [7, 11) is 0. The molecule has 2 heterocycles. The summed E-state index contributed by atoms with van der Waals surface area (Å²) in [6.45, 7) is 0.709. The quantitative estimate of drug-likeness (QED) is 0.809. The second-order valence-electron chi connectivity index (χ2n) is 6.85. The van der Waals surface area contributed by atoms with E-state index in [2.05, 4.69) is 10.6 Å². The summed E-state index contributed by atoms with van der Waals surface area (Å²) in [5, 5.41) is 5.52. The summed E-state index contributed by atoms with van der Waals surface area (Å²) < 4.78 is 0. The molecule has 0 bridgehead atoms. The number of benzene rings is 1. The summed E-state index contributed by atoms with van der Waals surface area (Å²) >= 11 is 0. The van der Waals surface area contributed by atoms with Gasteiger partial charge in [-0.3, -0.25) is 14.4 Å². The molecule has 6 nitrogen and oxygen atoms in total. The van der Waals surface area contributed by atoms with Crippen LogP contribution in [0.3, 0.4) is 0 Å². The predicted molar refractivity (Wildman–Crippen MR) is 89.8 cm³/mol. The van der Waals surface area contributed by atoms with E-state index in [1.54, 1.807) is 0 Å². The van der Waals surface area contributed by atoms with E-state index in [9.17, 15) is 14.4 Å². The van der Waals surface area contributed by atoms with E-state index in [4.69, 9.17) is 0 Å². The molecule has 0 radical (unpaired) electrons. The first-order valence-electron chi connectivity index (χ1n) is 8.70. The molecule has 1 aromatic carbocycles. The minimum Gasteiger partial charge on any atom is -0.345 e. The highest BCUT2D eigenvalue weighted by molar-refractivity contribution is 6.39. The van der Waals surface area contributed by atoms with Crippen LogP contribution in [-0.4, -0.2) is 30.3 Å². The number of amides is 3. The molecule has 3 aliphatic rings. The Kier molecular flexibility index (Phi) is 3.75. The largest absolute Gasteiger partial charge is 0.345 e. The van der Waals surface area contributed by atoms with Crippen LogP contribution in [-0.2, 0) is 27.2 Å². The third-order valence-corrected chi connectivity index (χ3v) is 5.21.